The highest BCUT2D eigenvalue weighted by Crippen LogP contribution is 2.22. The average molecular weight is 334 g/mol. The molecule has 1 atom stereocenters. The summed E-state index contributed by atoms with van der Waals surface area (Å²) in [5.74, 6) is -0.136. The summed E-state index contributed by atoms with van der Waals surface area (Å²) in [6.45, 7) is 0.921. The Labute approximate surface area is 138 Å². The summed E-state index contributed by atoms with van der Waals surface area (Å²) in [5, 5.41) is 0.634. The summed E-state index contributed by atoms with van der Waals surface area (Å²) < 4.78 is 10.5. The predicted molar refractivity (Wildman–Crippen MR) is 83.5 cm³/mol. The largest absolute Gasteiger partial charge is 0.467 e. The van der Waals surface area contributed by atoms with E-state index in [1.807, 2.05) is 0 Å². The Morgan fingerprint density at radius 3 is 2.78 bits per heavy atom. The number of ether oxygens (including phenoxy) is 1. The number of halogens is 1. The fourth-order valence-corrected chi connectivity index (χ4v) is 2.65. The molecule has 120 valence electrons. The summed E-state index contributed by atoms with van der Waals surface area (Å²) in [7, 11) is 0. The highest BCUT2D eigenvalue weighted by Gasteiger charge is 2.35. The zero-order valence-corrected chi connectivity index (χ0v) is 13.2. The fraction of sp³-hybridized carbons (Fsp3) is 0.294. The molecule has 0 aliphatic carbocycles. The van der Waals surface area contributed by atoms with Crippen LogP contribution in [0.1, 0.15) is 17.7 Å². The number of furan rings is 1. The average Bonchev–Trinajstić information content (AvgIpc) is 3.17. The van der Waals surface area contributed by atoms with Crippen LogP contribution in [0.3, 0.4) is 0 Å². The molecule has 1 fully saturated rings. The number of esters is 1. The van der Waals surface area contributed by atoms with E-state index in [1.54, 1.807) is 47.6 Å². The fourth-order valence-electron chi connectivity index (χ4n) is 2.53. The van der Waals surface area contributed by atoms with Gasteiger partial charge in [0.25, 0.3) is 0 Å². The third-order valence-electron chi connectivity index (χ3n) is 3.77. The second kappa shape index (κ2) is 6.87. The van der Waals surface area contributed by atoms with Crippen molar-refractivity contribution in [1.82, 2.24) is 4.90 Å². The first-order valence-corrected chi connectivity index (χ1v) is 7.71. The van der Waals surface area contributed by atoms with Crippen LogP contribution in [-0.4, -0.2) is 23.3 Å². The van der Waals surface area contributed by atoms with Crippen LogP contribution in [-0.2, 0) is 27.5 Å². The molecule has 5 nitrogen and oxygen atoms in total. The second-order valence-electron chi connectivity index (χ2n) is 5.49. The molecule has 0 bridgehead atoms. The summed E-state index contributed by atoms with van der Waals surface area (Å²) in [5.41, 5.74) is 0.861. The van der Waals surface area contributed by atoms with Crippen molar-refractivity contribution in [2.24, 2.45) is 5.92 Å². The van der Waals surface area contributed by atoms with E-state index in [-0.39, 0.29) is 24.9 Å². The van der Waals surface area contributed by atoms with Crippen molar-refractivity contribution in [3.63, 3.8) is 0 Å². The van der Waals surface area contributed by atoms with Gasteiger partial charge in [-0.15, -0.1) is 0 Å². The standard InChI is InChI=1S/C17H16ClNO4/c18-14-5-3-12(4-6-14)11-23-17(21)13-8-16(20)19(9-13)10-15-2-1-7-22-15/h1-7,13H,8-11H2/t13-/m1/s1. The van der Waals surface area contributed by atoms with Gasteiger partial charge in [-0.3, -0.25) is 9.59 Å². The lowest BCUT2D eigenvalue weighted by molar-refractivity contribution is -0.149. The molecule has 0 spiro atoms. The van der Waals surface area contributed by atoms with Gasteiger partial charge in [-0.1, -0.05) is 23.7 Å². The van der Waals surface area contributed by atoms with Crippen LogP contribution in [0.2, 0.25) is 5.02 Å². The molecule has 1 saturated heterocycles. The lowest BCUT2D eigenvalue weighted by atomic mass is 10.1. The molecule has 2 heterocycles. The van der Waals surface area contributed by atoms with Gasteiger partial charge in [-0.25, -0.2) is 0 Å². The van der Waals surface area contributed by atoms with Crippen molar-refractivity contribution in [3.05, 3.63) is 59.0 Å². The first-order chi connectivity index (χ1) is 11.1. The van der Waals surface area contributed by atoms with E-state index in [0.29, 0.717) is 23.9 Å². The summed E-state index contributed by atoms with van der Waals surface area (Å²) in [6.07, 6.45) is 1.74. The van der Waals surface area contributed by atoms with Gasteiger partial charge >= 0.3 is 5.97 Å². The van der Waals surface area contributed by atoms with Gasteiger partial charge in [0.15, 0.2) is 0 Å². The van der Waals surface area contributed by atoms with Gasteiger partial charge in [0.1, 0.15) is 12.4 Å². The second-order valence-corrected chi connectivity index (χ2v) is 5.93. The number of nitrogens with zero attached hydrogens (tertiary/aromatic N) is 1. The van der Waals surface area contributed by atoms with Crippen molar-refractivity contribution in [2.75, 3.05) is 6.54 Å². The van der Waals surface area contributed by atoms with Crippen molar-refractivity contribution in [1.29, 1.82) is 0 Å². The Morgan fingerprint density at radius 2 is 2.09 bits per heavy atom. The molecule has 1 amide bonds. The molecule has 1 aromatic heterocycles. The SMILES string of the molecule is O=C(OCc1ccc(Cl)cc1)[C@@H]1CC(=O)N(Cc2ccco2)C1. The third kappa shape index (κ3) is 3.93. The topological polar surface area (TPSA) is 59.8 Å². The smallest absolute Gasteiger partial charge is 0.311 e. The number of hydrogen-bond donors (Lipinski definition) is 0. The minimum atomic E-state index is -0.426. The molecule has 0 radical (unpaired) electrons. The Balaban J connectivity index is 1.52. The minimum absolute atomic E-state index is 0.0603. The van der Waals surface area contributed by atoms with Gasteiger partial charge in [0.05, 0.1) is 18.7 Å². The molecule has 0 unspecified atom stereocenters. The van der Waals surface area contributed by atoms with Crippen molar-refractivity contribution in [3.8, 4) is 0 Å². The van der Waals surface area contributed by atoms with Gasteiger partial charge in [-0.2, -0.15) is 0 Å². The normalized spacial score (nSPS) is 17.5. The Kier molecular flexibility index (Phi) is 4.67. The van der Waals surface area contributed by atoms with Crippen LogP contribution < -0.4 is 0 Å². The third-order valence-corrected chi connectivity index (χ3v) is 4.02. The molecule has 2 aromatic rings. The van der Waals surface area contributed by atoms with E-state index >= 15 is 0 Å². The molecule has 0 N–H and O–H groups in total. The lowest BCUT2D eigenvalue weighted by Crippen LogP contribution is -2.26. The summed E-state index contributed by atoms with van der Waals surface area (Å²) >= 11 is 5.81. The van der Waals surface area contributed by atoms with E-state index < -0.39 is 5.92 Å². The Bertz CT molecular complexity index is 681. The molecule has 1 aromatic carbocycles. The molecule has 0 saturated carbocycles. The van der Waals surface area contributed by atoms with Crippen molar-refractivity contribution < 1.29 is 18.7 Å². The number of carbonyl (C=O) groups is 2. The van der Waals surface area contributed by atoms with Gasteiger partial charge in [-0.05, 0) is 29.8 Å². The molecule has 6 heteroatoms. The molecular weight excluding hydrogens is 318 g/mol. The first kappa shape index (κ1) is 15.6. The van der Waals surface area contributed by atoms with E-state index in [4.69, 9.17) is 20.8 Å². The zero-order chi connectivity index (χ0) is 16.2. The van der Waals surface area contributed by atoms with Crippen LogP contribution in [0.5, 0.6) is 0 Å². The summed E-state index contributed by atoms with van der Waals surface area (Å²) in [4.78, 5) is 25.7. The van der Waals surface area contributed by atoms with Crippen LogP contribution in [0.25, 0.3) is 0 Å². The Hall–Kier alpha value is -2.27. The number of benzene rings is 1. The molecule has 1 aliphatic heterocycles. The van der Waals surface area contributed by atoms with E-state index in [0.717, 1.165) is 5.56 Å². The van der Waals surface area contributed by atoms with Crippen molar-refractivity contribution in [2.45, 2.75) is 19.6 Å². The quantitative estimate of drug-likeness (QED) is 0.789. The molecule has 3 rings (SSSR count). The number of rotatable bonds is 5. The van der Waals surface area contributed by atoms with E-state index in [1.165, 1.54) is 0 Å². The maximum absolute atomic E-state index is 12.1. The summed E-state index contributed by atoms with van der Waals surface area (Å²) in [6, 6.07) is 10.7. The Morgan fingerprint density at radius 1 is 1.30 bits per heavy atom. The van der Waals surface area contributed by atoms with Gasteiger partial charge < -0.3 is 14.1 Å². The predicted octanol–water partition coefficient (Wildman–Crippen LogP) is 3.02. The molecular formula is C17H16ClNO4. The van der Waals surface area contributed by atoms with Gasteiger partial charge in [0, 0.05) is 18.0 Å². The highest BCUT2D eigenvalue weighted by atomic mass is 35.5. The number of hydrogen-bond acceptors (Lipinski definition) is 4. The number of likely N-dealkylation sites (tertiary alicyclic amines) is 1. The monoisotopic (exact) mass is 333 g/mol. The van der Waals surface area contributed by atoms with Crippen LogP contribution in [0, 0.1) is 5.92 Å². The van der Waals surface area contributed by atoms with Crippen LogP contribution >= 0.6 is 11.6 Å². The van der Waals surface area contributed by atoms with E-state index in [9.17, 15) is 9.59 Å². The van der Waals surface area contributed by atoms with E-state index in [2.05, 4.69) is 0 Å². The maximum Gasteiger partial charge on any atom is 0.311 e. The minimum Gasteiger partial charge on any atom is -0.467 e. The highest BCUT2D eigenvalue weighted by molar-refractivity contribution is 6.30. The molecule has 1 aliphatic rings. The maximum atomic E-state index is 12.1. The first-order valence-electron chi connectivity index (χ1n) is 7.33. The van der Waals surface area contributed by atoms with Crippen LogP contribution in [0.15, 0.2) is 47.1 Å². The lowest BCUT2D eigenvalue weighted by Gasteiger charge is -2.14. The number of carbonyl (C=O) groups excluding carboxylic acids is 2. The zero-order valence-electron chi connectivity index (χ0n) is 12.4. The number of amides is 1. The van der Waals surface area contributed by atoms with Crippen molar-refractivity contribution >= 4 is 23.5 Å². The molecule has 23 heavy (non-hydrogen) atoms. The van der Waals surface area contributed by atoms with Gasteiger partial charge in [0.2, 0.25) is 5.91 Å². The van der Waals surface area contributed by atoms with Crippen LogP contribution in [0.4, 0.5) is 0 Å².